The Labute approximate surface area is 158 Å². The van der Waals surface area contributed by atoms with Gasteiger partial charge >= 0.3 is 0 Å². The Hall–Kier alpha value is -3.35. The van der Waals surface area contributed by atoms with Crippen molar-refractivity contribution in [2.75, 3.05) is 35.7 Å². The summed E-state index contributed by atoms with van der Waals surface area (Å²) in [6, 6.07) is 16.0. The molecule has 2 heterocycles. The molecular formula is C20H22N6O. The SMILES string of the molecule is COc1ccccc1Nc1cnnc(Nc2ccc(N3CCCC3)cc2)n1. The number of benzene rings is 2. The molecule has 138 valence electrons. The highest BCUT2D eigenvalue weighted by molar-refractivity contribution is 5.65. The summed E-state index contributed by atoms with van der Waals surface area (Å²) in [5, 5.41) is 14.5. The van der Waals surface area contributed by atoms with Crippen molar-refractivity contribution in [1.29, 1.82) is 0 Å². The van der Waals surface area contributed by atoms with E-state index in [1.165, 1.54) is 18.5 Å². The second kappa shape index (κ2) is 7.90. The Morgan fingerprint density at radius 2 is 1.74 bits per heavy atom. The minimum Gasteiger partial charge on any atom is -0.495 e. The van der Waals surface area contributed by atoms with Gasteiger partial charge < -0.3 is 20.3 Å². The van der Waals surface area contributed by atoms with Crippen LogP contribution in [0.15, 0.2) is 54.7 Å². The van der Waals surface area contributed by atoms with Crippen LogP contribution in [0, 0.1) is 0 Å². The largest absolute Gasteiger partial charge is 0.495 e. The van der Waals surface area contributed by atoms with Gasteiger partial charge in [0.2, 0.25) is 5.95 Å². The first kappa shape index (κ1) is 17.1. The molecule has 0 aliphatic carbocycles. The van der Waals surface area contributed by atoms with Crippen LogP contribution in [-0.4, -0.2) is 35.4 Å². The van der Waals surface area contributed by atoms with Crippen molar-refractivity contribution in [2.45, 2.75) is 12.8 Å². The Morgan fingerprint density at radius 1 is 0.963 bits per heavy atom. The second-order valence-corrected chi connectivity index (χ2v) is 6.36. The van der Waals surface area contributed by atoms with Gasteiger partial charge in [-0.15, -0.1) is 5.10 Å². The highest BCUT2D eigenvalue weighted by atomic mass is 16.5. The van der Waals surface area contributed by atoms with E-state index >= 15 is 0 Å². The summed E-state index contributed by atoms with van der Waals surface area (Å²) in [6.45, 7) is 2.27. The minimum absolute atomic E-state index is 0.434. The maximum Gasteiger partial charge on any atom is 0.249 e. The van der Waals surface area contributed by atoms with Crippen molar-refractivity contribution in [3.05, 3.63) is 54.7 Å². The maximum atomic E-state index is 5.35. The van der Waals surface area contributed by atoms with E-state index in [4.69, 9.17) is 4.74 Å². The number of para-hydroxylation sites is 2. The van der Waals surface area contributed by atoms with Gasteiger partial charge in [-0.05, 0) is 49.2 Å². The minimum atomic E-state index is 0.434. The summed E-state index contributed by atoms with van der Waals surface area (Å²) < 4.78 is 5.35. The van der Waals surface area contributed by atoms with Crippen molar-refractivity contribution in [3.63, 3.8) is 0 Å². The monoisotopic (exact) mass is 362 g/mol. The van der Waals surface area contributed by atoms with Crippen LogP contribution in [0.4, 0.5) is 28.8 Å². The molecule has 2 aromatic carbocycles. The Bertz CT molecular complexity index is 893. The first-order valence-corrected chi connectivity index (χ1v) is 9.03. The van der Waals surface area contributed by atoms with Crippen LogP contribution in [0.2, 0.25) is 0 Å². The molecule has 0 unspecified atom stereocenters. The first-order chi connectivity index (χ1) is 13.3. The van der Waals surface area contributed by atoms with Crippen LogP contribution < -0.4 is 20.3 Å². The topological polar surface area (TPSA) is 75.2 Å². The molecule has 1 fully saturated rings. The van der Waals surface area contributed by atoms with E-state index < -0.39 is 0 Å². The quantitative estimate of drug-likeness (QED) is 0.687. The zero-order chi connectivity index (χ0) is 18.5. The fourth-order valence-corrected chi connectivity index (χ4v) is 3.16. The highest BCUT2D eigenvalue weighted by Gasteiger charge is 2.12. The molecule has 27 heavy (non-hydrogen) atoms. The summed E-state index contributed by atoms with van der Waals surface area (Å²) >= 11 is 0. The van der Waals surface area contributed by atoms with E-state index in [-0.39, 0.29) is 0 Å². The first-order valence-electron chi connectivity index (χ1n) is 9.03. The third-order valence-electron chi connectivity index (χ3n) is 4.52. The molecule has 0 amide bonds. The van der Waals surface area contributed by atoms with Crippen molar-refractivity contribution in [1.82, 2.24) is 15.2 Å². The lowest BCUT2D eigenvalue weighted by Gasteiger charge is -2.17. The molecule has 7 nitrogen and oxygen atoms in total. The number of nitrogens with zero attached hydrogens (tertiary/aromatic N) is 4. The summed E-state index contributed by atoms with van der Waals surface area (Å²) in [5.41, 5.74) is 3.00. The number of nitrogens with one attached hydrogen (secondary N) is 2. The lowest BCUT2D eigenvalue weighted by Crippen LogP contribution is -2.17. The van der Waals surface area contributed by atoms with Gasteiger partial charge in [0.1, 0.15) is 5.75 Å². The predicted molar refractivity (Wildman–Crippen MR) is 107 cm³/mol. The lowest BCUT2D eigenvalue weighted by molar-refractivity contribution is 0.417. The van der Waals surface area contributed by atoms with Crippen LogP contribution >= 0.6 is 0 Å². The molecule has 1 aliphatic heterocycles. The smallest absolute Gasteiger partial charge is 0.249 e. The van der Waals surface area contributed by atoms with Gasteiger partial charge in [0.15, 0.2) is 5.82 Å². The summed E-state index contributed by atoms with van der Waals surface area (Å²) in [6.07, 6.45) is 4.12. The van der Waals surface area contributed by atoms with Gasteiger partial charge in [0.05, 0.1) is 19.0 Å². The van der Waals surface area contributed by atoms with Gasteiger partial charge in [-0.3, -0.25) is 0 Å². The molecule has 7 heteroatoms. The number of rotatable bonds is 6. The van der Waals surface area contributed by atoms with Crippen molar-refractivity contribution < 1.29 is 4.74 Å². The number of aromatic nitrogens is 3. The highest BCUT2D eigenvalue weighted by Crippen LogP contribution is 2.27. The number of hydrogen-bond donors (Lipinski definition) is 2. The van der Waals surface area contributed by atoms with E-state index in [1.54, 1.807) is 13.3 Å². The van der Waals surface area contributed by atoms with Gasteiger partial charge in [0.25, 0.3) is 0 Å². The van der Waals surface area contributed by atoms with E-state index in [9.17, 15) is 0 Å². The normalized spacial score (nSPS) is 13.4. The molecule has 0 spiro atoms. The van der Waals surface area contributed by atoms with Crippen molar-refractivity contribution in [2.24, 2.45) is 0 Å². The molecule has 0 radical (unpaired) electrons. The van der Waals surface area contributed by atoms with Gasteiger partial charge in [-0.25, -0.2) is 0 Å². The molecule has 0 saturated carbocycles. The lowest BCUT2D eigenvalue weighted by atomic mass is 10.2. The number of hydrogen-bond acceptors (Lipinski definition) is 7. The van der Waals surface area contributed by atoms with Gasteiger partial charge in [-0.2, -0.15) is 10.1 Å². The summed E-state index contributed by atoms with van der Waals surface area (Å²) in [5.74, 6) is 1.76. The molecule has 1 aliphatic rings. The molecule has 2 N–H and O–H groups in total. The molecule has 1 aromatic heterocycles. The van der Waals surface area contributed by atoms with Crippen LogP contribution in [-0.2, 0) is 0 Å². The van der Waals surface area contributed by atoms with E-state index in [1.807, 2.05) is 36.4 Å². The fraction of sp³-hybridized carbons (Fsp3) is 0.250. The second-order valence-electron chi connectivity index (χ2n) is 6.36. The van der Waals surface area contributed by atoms with Crippen LogP contribution in [0.1, 0.15) is 12.8 Å². The summed E-state index contributed by atoms with van der Waals surface area (Å²) in [7, 11) is 1.64. The molecule has 0 bridgehead atoms. The molecule has 1 saturated heterocycles. The molecule has 3 aromatic rings. The van der Waals surface area contributed by atoms with Crippen molar-refractivity contribution >= 4 is 28.8 Å². The number of methoxy groups -OCH3 is 1. The van der Waals surface area contributed by atoms with E-state index in [2.05, 4.69) is 42.8 Å². The van der Waals surface area contributed by atoms with Crippen molar-refractivity contribution in [3.8, 4) is 5.75 Å². The third-order valence-corrected chi connectivity index (χ3v) is 4.52. The Morgan fingerprint density at radius 3 is 2.52 bits per heavy atom. The average molecular weight is 362 g/mol. The zero-order valence-electron chi connectivity index (χ0n) is 15.2. The predicted octanol–water partition coefficient (Wildman–Crippen LogP) is 3.97. The number of anilines is 5. The fourth-order valence-electron chi connectivity index (χ4n) is 3.16. The molecular weight excluding hydrogens is 340 g/mol. The summed E-state index contributed by atoms with van der Waals surface area (Å²) in [4.78, 5) is 6.88. The maximum absolute atomic E-state index is 5.35. The Kier molecular flexibility index (Phi) is 5.00. The van der Waals surface area contributed by atoms with E-state index in [0.717, 1.165) is 30.2 Å². The van der Waals surface area contributed by atoms with Crippen LogP contribution in [0.25, 0.3) is 0 Å². The Balaban J connectivity index is 1.46. The van der Waals surface area contributed by atoms with Gasteiger partial charge in [0, 0.05) is 24.5 Å². The third kappa shape index (κ3) is 4.08. The zero-order valence-corrected chi connectivity index (χ0v) is 15.2. The van der Waals surface area contributed by atoms with Gasteiger partial charge in [-0.1, -0.05) is 12.1 Å². The van der Waals surface area contributed by atoms with Crippen LogP contribution in [0.5, 0.6) is 5.75 Å². The standard InChI is InChI=1S/C20H22N6O/c1-27-18-7-3-2-6-17(18)23-19-14-21-25-20(24-19)22-15-8-10-16(11-9-15)26-12-4-5-13-26/h2-3,6-11,14H,4-5,12-13H2,1H3,(H2,22,23,24,25). The van der Waals surface area contributed by atoms with Crippen LogP contribution in [0.3, 0.4) is 0 Å². The number of ether oxygens (including phenoxy) is 1. The molecule has 0 atom stereocenters. The van der Waals surface area contributed by atoms with E-state index in [0.29, 0.717) is 11.8 Å². The average Bonchev–Trinajstić information content (AvgIpc) is 3.24. The molecule has 4 rings (SSSR count).